The van der Waals surface area contributed by atoms with E-state index in [0.29, 0.717) is 5.25 Å². The van der Waals surface area contributed by atoms with Crippen LogP contribution in [-0.2, 0) is 9.31 Å². The fourth-order valence-corrected chi connectivity index (χ4v) is 2.79. The minimum Gasteiger partial charge on any atom is -0.399 e. The molecule has 1 heterocycles. The van der Waals surface area contributed by atoms with Crippen molar-refractivity contribution >= 4 is 24.3 Å². The maximum Gasteiger partial charge on any atom is 0.494 e. The summed E-state index contributed by atoms with van der Waals surface area (Å²) in [6, 6.07) is 8.50. The van der Waals surface area contributed by atoms with Crippen LogP contribution >= 0.6 is 11.8 Å². The molecule has 0 saturated carbocycles. The lowest BCUT2D eigenvalue weighted by Gasteiger charge is -2.32. The van der Waals surface area contributed by atoms with Crippen molar-refractivity contribution in [1.82, 2.24) is 0 Å². The normalized spacial score (nSPS) is 21.1. The van der Waals surface area contributed by atoms with Gasteiger partial charge in [0.25, 0.3) is 0 Å². The molecule has 0 bridgehead atoms. The van der Waals surface area contributed by atoms with Crippen LogP contribution in [0.2, 0.25) is 0 Å². The van der Waals surface area contributed by atoms with Gasteiger partial charge in [-0.2, -0.15) is 0 Å². The maximum atomic E-state index is 6.04. The molecule has 0 aromatic heterocycles. The summed E-state index contributed by atoms with van der Waals surface area (Å²) in [4.78, 5) is 1.29. The topological polar surface area (TPSA) is 18.5 Å². The molecule has 0 radical (unpaired) electrons. The molecule has 0 spiro atoms. The number of thioether (sulfide) groups is 1. The SMILES string of the molecule is CC(C)Sc1ccc(B2OC(C)(C)C(C)(C)O2)cc1. The third kappa shape index (κ3) is 3.18. The number of hydrogen-bond donors (Lipinski definition) is 0. The Balaban J connectivity index is 2.12. The van der Waals surface area contributed by atoms with Crippen LogP contribution in [0, 0.1) is 0 Å². The molecule has 19 heavy (non-hydrogen) atoms. The third-order valence-electron chi connectivity index (χ3n) is 3.78. The lowest BCUT2D eigenvalue weighted by atomic mass is 9.79. The van der Waals surface area contributed by atoms with Crippen LogP contribution in [0.3, 0.4) is 0 Å². The van der Waals surface area contributed by atoms with Crippen molar-refractivity contribution < 1.29 is 9.31 Å². The molecule has 0 unspecified atom stereocenters. The fourth-order valence-electron chi connectivity index (χ4n) is 1.95. The van der Waals surface area contributed by atoms with E-state index in [1.807, 2.05) is 11.8 Å². The summed E-state index contributed by atoms with van der Waals surface area (Å²) in [5.74, 6) is 0. The van der Waals surface area contributed by atoms with Gasteiger partial charge in [0.15, 0.2) is 0 Å². The van der Waals surface area contributed by atoms with Crippen LogP contribution in [0.4, 0.5) is 0 Å². The van der Waals surface area contributed by atoms with Crippen molar-refractivity contribution in [3.63, 3.8) is 0 Å². The zero-order valence-corrected chi connectivity index (χ0v) is 13.5. The van der Waals surface area contributed by atoms with E-state index in [1.165, 1.54) is 4.90 Å². The molecule has 2 nitrogen and oxygen atoms in total. The molecule has 2 rings (SSSR count). The van der Waals surface area contributed by atoms with E-state index in [4.69, 9.17) is 9.31 Å². The molecule has 1 aliphatic heterocycles. The minimum absolute atomic E-state index is 0.261. The summed E-state index contributed by atoms with van der Waals surface area (Å²) >= 11 is 1.87. The summed E-state index contributed by atoms with van der Waals surface area (Å²) in [6.07, 6.45) is 0. The second-order valence-corrected chi connectivity index (χ2v) is 7.97. The Morgan fingerprint density at radius 2 is 1.42 bits per heavy atom. The smallest absolute Gasteiger partial charge is 0.399 e. The molecule has 1 aliphatic rings. The zero-order valence-electron chi connectivity index (χ0n) is 12.7. The van der Waals surface area contributed by atoms with Crippen LogP contribution in [-0.4, -0.2) is 23.6 Å². The van der Waals surface area contributed by atoms with Crippen LogP contribution in [0.25, 0.3) is 0 Å². The predicted molar refractivity (Wildman–Crippen MR) is 83.2 cm³/mol. The van der Waals surface area contributed by atoms with Gasteiger partial charge in [0.2, 0.25) is 0 Å². The second kappa shape index (κ2) is 5.15. The van der Waals surface area contributed by atoms with Crippen molar-refractivity contribution in [3.05, 3.63) is 24.3 Å². The maximum absolute atomic E-state index is 6.04. The Hall–Kier alpha value is -0.445. The summed E-state index contributed by atoms with van der Waals surface area (Å²) < 4.78 is 12.1. The molecule has 0 atom stereocenters. The van der Waals surface area contributed by atoms with Crippen molar-refractivity contribution in [1.29, 1.82) is 0 Å². The van der Waals surface area contributed by atoms with E-state index in [0.717, 1.165) is 5.46 Å². The average molecular weight is 278 g/mol. The van der Waals surface area contributed by atoms with Crippen molar-refractivity contribution in [2.24, 2.45) is 0 Å². The van der Waals surface area contributed by atoms with Crippen molar-refractivity contribution in [2.45, 2.75) is 62.9 Å². The van der Waals surface area contributed by atoms with Crippen LogP contribution in [0.5, 0.6) is 0 Å². The summed E-state index contributed by atoms with van der Waals surface area (Å²) in [5.41, 5.74) is 0.540. The lowest BCUT2D eigenvalue weighted by Crippen LogP contribution is -2.41. The van der Waals surface area contributed by atoms with Gasteiger partial charge in [-0.25, -0.2) is 0 Å². The first-order valence-electron chi connectivity index (χ1n) is 6.83. The van der Waals surface area contributed by atoms with Gasteiger partial charge in [0.1, 0.15) is 0 Å². The number of benzene rings is 1. The van der Waals surface area contributed by atoms with Crippen LogP contribution < -0.4 is 5.46 Å². The van der Waals surface area contributed by atoms with E-state index in [-0.39, 0.29) is 18.3 Å². The first-order valence-corrected chi connectivity index (χ1v) is 7.71. The van der Waals surface area contributed by atoms with E-state index in [9.17, 15) is 0 Å². The number of rotatable bonds is 3. The largest absolute Gasteiger partial charge is 0.494 e. The molecule has 1 aromatic carbocycles. The molecule has 104 valence electrons. The lowest BCUT2D eigenvalue weighted by molar-refractivity contribution is 0.00578. The van der Waals surface area contributed by atoms with E-state index in [2.05, 4.69) is 65.8 Å². The van der Waals surface area contributed by atoms with E-state index in [1.54, 1.807) is 0 Å². The van der Waals surface area contributed by atoms with Gasteiger partial charge in [-0.15, -0.1) is 11.8 Å². The molecule has 1 saturated heterocycles. The van der Waals surface area contributed by atoms with Gasteiger partial charge in [0.05, 0.1) is 11.2 Å². The highest BCUT2D eigenvalue weighted by atomic mass is 32.2. The quantitative estimate of drug-likeness (QED) is 0.623. The Morgan fingerprint density at radius 3 is 1.84 bits per heavy atom. The van der Waals surface area contributed by atoms with Gasteiger partial charge in [-0.1, -0.05) is 26.0 Å². The Morgan fingerprint density at radius 1 is 0.947 bits per heavy atom. The monoisotopic (exact) mass is 278 g/mol. The third-order valence-corrected chi connectivity index (χ3v) is 4.79. The van der Waals surface area contributed by atoms with Crippen molar-refractivity contribution in [2.75, 3.05) is 0 Å². The molecule has 4 heteroatoms. The summed E-state index contributed by atoms with van der Waals surface area (Å²) in [6.45, 7) is 12.7. The summed E-state index contributed by atoms with van der Waals surface area (Å²) in [5, 5.41) is 0.600. The molecule has 1 fully saturated rings. The van der Waals surface area contributed by atoms with Gasteiger partial charge in [-0.05, 0) is 45.3 Å². The first-order chi connectivity index (χ1) is 8.71. The second-order valence-electron chi connectivity index (χ2n) is 6.32. The minimum atomic E-state index is -0.275. The fraction of sp³-hybridized carbons (Fsp3) is 0.600. The molecular weight excluding hydrogens is 255 g/mol. The Kier molecular flexibility index (Phi) is 4.06. The Bertz CT molecular complexity index is 424. The van der Waals surface area contributed by atoms with Gasteiger partial charge in [-0.3, -0.25) is 0 Å². The molecule has 0 N–H and O–H groups in total. The zero-order chi connectivity index (χ0) is 14.3. The molecule has 1 aromatic rings. The predicted octanol–water partition coefficient (Wildman–Crippen LogP) is 3.49. The van der Waals surface area contributed by atoms with Crippen molar-refractivity contribution in [3.8, 4) is 0 Å². The highest BCUT2D eigenvalue weighted by Crippen LogP contribution is 2.36. The van der Waals surface area contributed by atoms with Crippen LogP contribution in [0.1, 0.15) is 41.5 Å². The standard InChI is InChI=1S/C15H23BO2S/c1-11(2)19-13-9-7-12(8-10-13)16-17-14(3,4)15(5,6)18-16/h7-11H,1-6H3. The Labute approximate surface area is 121 Å². The van der Waals surface area contributed by atoms with Gasteiger partial charge in [0, 0.05) is 10.1 Å². The summed E-state index contributed by atoms with van der Waals surface area (Å²) in [7, 11) is -0.261. The number of hydrogen-bond acceptors (Lipinski definition) is 3. The molecular formula is C15H23BO2S. The van der Waals surface area contributed by atoms with E-state index >= 15 is 0 Å². The average Bonchev–Trinajstić information content (AvgIpc) is 2.48. The van der Waals surface area contributed by atoms with Gasteiger partial charge >= 0.3 is 7.12 Å². The van der Waals surface area contributed by atoms with Gasteiger partial charge < -0.3 is 9.31 Å². The highest BCUT2D eigenvalue weighted by Gasteiger charge is 2.51. The molecule has 0 aliphatic carbocycles. The van der Waals surface area contributed by atoms with E-state index < -0.39 is 0 Å². The van der Waals surface area contributed by atoms with Crippen LogP contribution in [0.15, 0.2) is 29.2 Å². The first kappa shape index (κ1) is 15.0. The highest BCUT2D eigenvalue weighted by molar-refractivity contribution is 7.99. The molecule has 0 amide bonds.